The summed E-state index contributed by atoms with van der Waals surface area (Å²) in [5.41, 5.74) is -0.194. The lowest BCUT2D eigenvalue weighted by molar-refractivity contribution is -0.387. The molecule has 0 aliphatic heterocycles. The third-order valence-electron chi connectivity index (χ3n) is 2.58. The highest BCUT2D eigenvalue weighted by Gasteiger charge is 2.16. The summed E-state index contributed by atoms with van der Waals surface area (Å²) >= 11 is 0. The van der Waals surface area contributed by atoms with E-state index >= 15 is 0 Å². The van der Waals surface area contributed by atoms with Crippen LogP contribution in [0.25, 0.3) is 0 Å². The van der Waals surface area contributed by atoms with Gasteiger partial charge in [0.1, 0.15) is 5.75 Å². The number of hydrogen-bond donors (Lipinski definition) is 1. The van der Waals surface area contributed by atoms with Crippen LogP contribution < -0.4 is 4.74 Å². The molecule has 0 fully saturated rings. The fourth-order valence-corrected chi connectivity index (χ4v) is 1.62. The van der Waals surface area contributed by atoms with E-state index in [1.165, 1.54) is 12.3 Å². The van der Waals surface area contributed by atoms with Crippen molar-refractivity contribution in [3.05, 3.63) is 58.0 Å². The van der Waals surface area contributed by atoms with Crippen molar-refractivity contribution < 1.29 is 19.2 Å². The molecule has 7 heteroatoms. The smallest absolute Gasteiger partial charge is 0.305 e. The molecule has 0 spiro atoms. The maximum atomic E-state index is 13.5. The Morgan fingerprint density at radius 1 is 1.45 bits per heavy atom. The second-order valence-corrected chi connectivity index (χ2v) is 4.05. The molecule has 0 unspecified atom stereocenters. The standard InChI is InChI=1S/C13H11FN2O4/c1-8(17)10-3-2-6-15-13(10)20-9-4-5-12(16(18)19)11(14)7-9/h2-8,17H,1H3/t8-/m0/s1. The van der Waals surface area contributed by atoms with E-state index < -0.39 is 22.5 Å². The van der Waals surface area contributed by atoms with Gasteiger partial charge < -0.3 is 9.84 Å². The van der Waals surface area contributed by atoms with Crippen molar-refractivity contribution in [1.82, 2.24) is 4.98 Å². The summed E-state index contributed by atoms with van der Waals surface area (Å²) in [5, 5.41) is 20.1. The number of nitro groups is 1. The number of rotatable bonds is 4. The third kappa shape index (κ3) is 2.89. The lowest BCUT2D eigenvalue weighted by atomic mass is 10.2. The quantitative estimate of drug-likeness (QED) is 0.686. The van der Waals surface area contributed by atoms with Gasteiger partial charge in [-0.2, -0.15) is 4.39 Å². The van der Waals surface area contributed by atoms with Gasteiger partial charge in [-0.05, 0) is 25.1 Å². The molecule has 2 aromatic rings. The highest BCUT2D eigenvalue weighted by atomic mass is 19.1. The van der Waals surface area contributed by atoms with Crippen LogP contribution in [0.2, 0.25) is 0 Å². The predicted octanol–water partition coefficient (Wildman–Crippen LogP) is 2.97. The maximum Gasteiger partial charge on any atom is 0.305 e. The Bertz CT molecular complexity index is 646. The number of halogens is 1. The van der Waals surface area contributed by atoms with Crippen molar-refractivity contribution in [2.45, 2.75) is 13.0 Å². The van der Waals surface area contributed by atoms with E-state index in [0.29, 0.717) is 5.56 Å². The first-order valence-corrected chi connectivity index (χ1v) is 5.74. The van der Waals surface area contributed by atoms with Crippen molar-refractivity contribution in [1.29, 1.82) is 0 Å². The maximum absolute atomic E-state index is 13.5. The highest BCUT2D eigenvalue weighted by molar-refractivity contribution is 5.40. The minimum atomic E-state index is -0.998. The fraction of sp³-hybridized carbons (Fsp3) is 0.154. The molecule has 2 rings (SSSR count). The van der Waals surface area contributed by atoms with Crippen molar-refractivity contribution in [3.8, 4) is 11.6 Å². The van der Waals surface area contributed by atoms with Crippen molar-refractivity contribution >= 4 is 5.69 Å². The number of aromatic nitrogens is 1. The summed E-state index contributed by atoms with van der Waals surface area (Å²) in [6.45, 7) is 1.54. The first kappa shape index (κ1) is 13.9. The van der Waals surface area contributed by atoms with Gasteiger partial charge in [-0.1, -0.05) is 0 Å². The molecule has 1 N–H and O–H groups in total. The van der Waals surface area contributed by atoms with Crippen LogP contribution in [0.1, 0.15) is 18.6 Å². The molecule has 0 aliphatic carbocycles. The van der Waals surface area contributed by atoms with Gasteiger partial charge in [0, 0.05) is 23.9 Å². The summed E-state index contributed by atoms with van der Waals surface area (Å²) in [5.74, 6) is -0.813. The number of benzene rings is 1. The van der Waals surface area contributed by atoms with Crippen LogP contribution >= 0.6 is 0 Å². The molecule has 0 bridgehead atoms. The van der Waals surface area contributed by atoms with Gasteiger partial charge >= 0.3 is 5.69 Å². The molecule has 0 amide bonds. The zero-order chi connectivity index (χ0) is 14.7. The number of ether oxygens (including phenoxy) is 1. The number of hydrogen-bond acceptors (Lipinski definition) is 5. The van der Waals surface area contributed by atoms with Crippen LogP contribution in [0.15, 0.2) is 36.5 Å². The number of aliphatic hydroxyl groups excluding tert-OH is 1. The van der Waals surface area contributed by atoms with Gasteiger partial charge in [-0.15, -0.1) is 0 Å². The Balaban J connectivity index is 2.31. The molecule has 1 aromatic carbocycles. The average Bonchev–Trinajstić information content (AvgIpc) is 2.38. The minimum Gasteiger partial charge on any atom is -0.439 e. The van der Waals surface area contributed by atoms with Gasteiger partial charge in [0.05, 0.1) is 11.0 Å². The van der Waals surface area contributed by atoms with E-state index in [1.807, 2.05) is 0 Å². The van der Waals surface area contributed by atoms with E-state index in [2.05, 4.69) is 4.98 Å². The molecular formula is C13H11FN2O4. The lowest BCUT2D eigenvalue weighted by Crippen LogP contribution is -1.99. The summed E-state index contributed by atoms with van der Waals surface area (Å²) in [7, 11) is 0. The van der Waals surface area contributed by atoms with Gasteiger partial charge in [0.25, 0.3) is 0 Å². The van der Waals surface area contributed by atoms with Crippen LogP contribution in [0.3, 0.4) is 0 Å². The molecule has 1 atom stereocenters. The van der Waals surface area contributed by atoms with Crippen LogP contribution in [-0.4, -0.2) is 15.0 Å². The lowest BCUT2D eigenvalue weighted by Gasteiger charge is -2.11. The van der Waals surface area contributed by atoms with Gasteiger partial charge in [-0.3, -0.25) is 10.1 Å². The largest absolute Gasteiger partial charge is 0.439 e. The topological polar surface area (TPSA) is 85.5 Å². The highest BCUT2D eigenvalue weighted by Crippen LogP contribution is 2.29. The molecule has 0 radical (unpaired) electrons. The van der Waals surface area contributed by atoms with E-state index in [4.69, 9.17) is 4.74 Å². The predicted molar refractivity (Wildman–Crippen MR) is 68.0 cm³/mol. The Labute approximate surface area is 113 Å². The van der Waals surface area contributed by atoms with E-state index in [-0.39, 0.29) is 11.6 Å². The molecule has 0 saturated carbocycles. The minimum absolute atomic E-state index is 0.0636. The second kappa shape index (κ2) is 5.62. The molecule has 104 valence electrons. The van der Waals surface area contributed by atoms with Crippen molar-refractivity contribution in [3.63, 3.8) is 0 Å². The van der Waals surface area contributed by atoms with Crippen molar-refractivity contribution in [2.24, 2.45) is 0 Å². The summed E-state index contributed by atoms with van der Waals surface area (Å²) in [4.78, 5) is 13.6. The number of aliphatic hydroxyl groups is 1. The zero-order valence-electron chi connectivity index (χ0n) is 10.5. The summed E-state index contributed by atoms with van der Waals surface area (Å²) in [6.07, 6.45) is 0.657. The monoisotopic (exact) mass is 278 g/mol. The molecule has 1 aromatic heterocycles. The van der Waals surface area contributed by atoms with Gasteiger partial charge in [0.15, 0.2) is 0 Å². The Morgan fingerprint density at radius 2 is 2.20 bits per heavy atom. The second-order valence-electron chi connectivity index (χ2n) is 4.05. The number of pyridine rings is 1. The first-order chi connectivity index (χ1) is 9.49. The number of nitrogens with zero attached hydrogens (tertiary/aromatic N) is 2. The van der Waals surface area contributed by atoms with Crippen LogP contribution in [0.5, 0.6) is 11.6 Å². The van der Waals surface area contributed by atoms with E-state index in [1.54, 1.807) is 19.1 Å². The zero-order valence-corrected chi connectivity index (χ0v) is 10.5. The molecule has 0 aliphatic rings. The average molecular weight is 278 g/mol. The molecule has 0 saturated heterocycles. The Kier molecular flexibility index (Phi) is 3.90. The molecule has 6 nitrogen and oxygen atoms in total. The third-order valence-corrected chi connectivity index (χ3v) is 2.58. The Hall–Kier alpha value is -2.54. The van der Waals surface area contributed by atoms with Crippen LogP contribution in [-0.2, 0) is 0 Å². The van der Waals surface area contributed by atoms with Crippen LogP contribution in [0.4, 0.5) is 10.1 Å². The summed E-state index contributed by atoms with van der Waals surface area (Å²) < 4.78 is 18.8. The first-order valence-electron chi connectivity index (χ1n) is 5.74. The normalized spacial score (nSPS) is 11.9. The van der Waals surface area contributed by atoms with Gasteiger partial charge in [-0.25, -0.2) is 4.98 Å². The molecule has 20 heavy (non-hydrogen) atoms. The van der Waals surface area contributed by atoms with Crippen molar-refractivity contribution in [2.75, 3.05) is 0 Å². The van der Waals surface area contributed by atoms with E-state index in [9.17, 15) is 19.6 Å². The van der Waals surface area contributed by atoms with Crippen LogP contribution in [0, 0.1) is 15.9 Å². The molecule has 1 heterocycles. The molecular weight excluding hydrogens is 267 g/mol. The SMILES string of the molecule is C[C@H](O)c1cccnc1Oc1ccc([N+](=O)[O-])c(F)c1. The van der Waals surface area contributed by atoms with E-state index in [0.717, 1.165) is 12.1 Å². The Morgan fingerprint density at radius 3 is 2.80 bits per heavy atom. The van der Waals surface area contributed by atoms with Gasteiger partial charge in [0.2, 0.25) is 11.7 Å². The number of nitro benzene ring substituents is 1. The fourth-order valence-electron chi connectivity index (χ4n) is 1.62. The summed E-state index contributed by atoms with van der Waals surface area (Å²) in [6, 6.07) is 6.43.